The summed E-state index contributed by atoms with van der Waals surface area (Å²) in [7, 11) is -4.63. The maximum Gasteiger partial charge on any atom is 0.261 e. The van der Waals surface area contributed by atoms with Crippen LogP contribution in [0.1, 0.15) is 25.7 Å². The number of para-hydroxylation sites is 2. The van der Waals surface area contributed by atoms with E-state index in [1.54, 1.807) is 6.07 Å². The Morgan fingerprint density at radius 2 is 1.43 bits per heavy atom. The number of fused-ring (bicyclic) bond motifs is 1. The number of piperazine rings is 1. The van der Waals surface area contributed by atoms with E-state index in [2.05, 4.69) is 14.5 Å². The Kier molecular flexibility index (Phi) is 6.58. The van der Waals surface area contributed by atoms with Crippen molar-refractivity contribution in [2.24, 2.45) is 11.8 Å². The van der Waals surface area contributed by atoms with Gasteiger partial charge in [-0.3, -0.25) is 9.62 Å². The molecule has 1 N–H and O–H groups in total. The highest BCUT2D eigenvalue weighted by Crippen LogP contribution is 2.49. The number of anilines is 2. The smallest absolute Gasteiger partial charge is 0.261 e. The second-order valence-corrected chi connectivity index (χ2v) is 13.9. The fourth-order valence-corrected chi connectivity index (χ4v) is 7.82. The van der Waals surface area contributed by atoms with Gasteiger partial charge in [0.2, 0.25) is 10.0 Å². The fourth-order valence-electron chi connectivity index (χ4n) is 5.85. The second-order valence-electron chi connectivity index (χ2n) is 10.1. The Bertz CT molecular complexity index is 1270. The average Bonchev–Trinajstić information content (AvgIpc) is 3.12. The number of hydrogen-bond acceptors (Lipinski definition) is 6. The van der Waals surface area contributed by atoms with Gasteiger partial charge in [-0.05, 0) is 73.9 Å². The molecule has 1 saturated heterocycles. The number of hydrogen-bond donors (Lipinski definition) is 1. The Hall–Kier alpha value is -2.14. The van der Waals surface area contributed by atoms with E-state index in [1.807, 2.05) is 18.2 Å². The largest absolute Gasteiger partial charge is 0.367 e. The summed E-state index contributed by atoms with van der Waals surface area (Å²) in [6.07, 6.45) is 5.48. The molecule has 2 aromatic rings. The third-order valence-corrected chi connectivity index (χ3v) is 11.2. The fraction of sp³-hybridized carbons (Fsp3) is 0.520. The van der Waals surface area contributed by atoms with Crippen molar-refractivity contribution in [3.63, 3.8) is 0 Å². The summed E-state index contributed by atoms with van der Waals surface area (Å²) < 4.78 is 54.7. The van der Waals surface area contributed by atoms with Gasteiger partial charge in [0.1, 0.15) is 0 Å². The molecular weight excluding hydrogens is 484 g/mol. The van der Waals surface area contributed by atoms with Gasteiger partial charge in [-0.2, -0.15) is 0 Å². The van der Waals surface area contributed by atoms with Crippen molar-refractivity contribution in [1.29, 1.82) is 0 Å². The van der Waals surface area contributed by atoms with E-state index in [4.69, 9.17) is 0 Å². The van der Waals surface area contributed by atoms with Crippen LogP contribution in [0.15, 0.2) is 58.3 Å². The van der Waals surface area contributed by atoms with Crippen molar-refractivity contribution in [2.45, 2.75) is 41.5 Å². The minimum absolute atomic E-state index is 0.0196. The van der Waals surface area contributed by atoms with E-state index in [1.165, 1.54) is 64.0 Å². The Morgan fingerprint density at radius 3 is 2.03 bits per heavy atom. The first-order valence-electron chi connectivity index (χ1n) is 12.3. The third kappa shape index (κ3) is 4.69. The van der Waals surface area contributed by atoms with E-state index in [0.717, 1.165) is 54.0 Å². The van der Waals surface area contributed by atoms with Gasteiger partial charge >= 0.3 is 0 Å². The first kappa shape index (κ1) is 24.5. The molecule has 35 heavy (non-hydrogen) atoms. The highest BCUT2D eigenvalue weighted by atomic mass is 32.2. The predicted molar refractivity (Wildman–Crippen MR) is 138 cm³/mol. The molecule has 0 bridgehead atoms. The van der Waals surface area contributed by atoms with E-state index in [0.29, 0.717) is 5.69 Å². The number of nitrogens with one attached hydrogen (secondary N) is 1. The molecule has 0 amide bonds. The van der Waals surface area contributed by atoms with Crippen LogP contribution < -0.4 is 9.62 Å². The SMILES string of the molecule is CN(C)S(=O)(=O)c1ccc(S(=O)(=O)Nc2ccccc2N2CCN(C3CCC4CCC43)CC2)cc1. The summed E-state index contributed by atoms with van der Waals surface area (Å²) >= 11 is 0. The van der Waals surface area contributed by atoms with Crippen molar-refractivity contribution >= 4 is 31.4 Å². The van der Waals surface area contributed by atoms with Crippen molar-refractivity contribution in [2.75, 3.05) is 49.9 Å². The molecule has 1 heterocycles. The molecule has 2 aliphatic carbocycles. The molecule has 3 atom stereocenters. The van der Waals surface area contributed by atoms with Crippen molar-refractivity contribution in [3.8, 4) is 0 Å². The van der Waals surface area contributed by atoms with Crippen LogP contribution in [-0.2, 0) is 20.0 Å². The zero-order valence-electron chi connectivity index (χ0n) is 20.3. The van der Waals surface area contributed by atoms with Gasteiger partial charge in [0, 0.05) is 46.3 Å². The van der Waals surface area contributed by atoms with E-state index >= 15 is 0 Å². The zero-order chi connectivity index (χ0) is 24.8. The highest BCUT2D eigenvalue weighted by molar-refractivity contribution is 7.92. The lowest BCUT2D eigenvalue weighted by atomic mass is 9.74. The van der Waals surface area contributed by atoms with Gasteiger partial charge < -0.3 is 4.90 Å². The lowest BCUT2D eigenvalue weighted by Gasteiger charge is -2.44. The monoisotopic (exact) mass is 518 g/mol. The van der Waals surface area contributed by atoms with Crippen LogP contribution in [0.5, 0.6) is 0 Å². The molecule has 0 aromatic heterocycles. The van der Waals surface area contributed by atoms with Gasteiger partial charge in [0.05, 0.1) is 21.2 Å². The minimum atomic E-state index is -3.88. The Labute approximate surface area is 209 Å². The molecule has 8 nitrogen and oxygen atoms in total. The molecule has 0 spiro atoms. The molecule has 3 unspecified atom stereocenters. The standard InChI is InChI=1S/C25H34N4O4S2/c1-27(2)35(32,33)21-11-9-20(10-12-21)34(30,31)26-23-5-3-4-6-25(23)29-17-15-28(16-18-29)24-14-8-19-7-13-22(19)24/h3-6,9-12,19,22,24,26H,7-8,13-18H2,1-2H3. The maximum atomic E-state index is 13.1. The molecule has 1 aliphatic heterocycles. The summed E-state index contributed by atoms with van der Waals surface area (Å²) in [5.41, 5.74) is 1.40. The number of nitrogens with zero attached hydrogens (tertiary/aromatic N) is 3. The van der Waals surface area contributed by atoms with Gasteiger partial charge in [-0.15, -0.1) is 0 Å². The van der Waals surface area contributed by atoms with Gasteiger partial charge in [0.15, 0.2) is 0 Å². The topological polar surface area (TPSA) is 90.0 Å². The van der Waals surface area contributed by atoms with Crippen LogP contribution in [0.3, 0.4) is 0 Å². The molecule has 3 fully saturated rings. The van der Waals surface area contributed by atoms with Crippen LogP contribution >= 0.6 is 0 Å². The molecular formula is C25H34N4O4S2. The third-order valence-electron chi connectivity index (χ3n) is 7.99. The van der Waals surface area contributed by atoms with E-state index in [9.17, 15) is 16.8 Å². The lowest BCUT2D eigenvalue weighted by molar-refractivity contribution is 0.0903. The molecule has 2 aromatic carbocycles. The van der Waals surface area contributed by atoms with Gasteiger partial charge in [-0.1, -0.05) is 12.1 Å². The average molecular weight is 519 g/mol. The van der Waals surface area contributed by atoms with Crippen LogP contribution in [0.2, 0.25) is 0 Å². The van der Waals surface area contributed by atoms with Crippen LogP contribution in [0.4, 0.5) is 11.4 Å². The second kappa shape index (κ2) is 9.38. The van der Waals surface area contributed by atoms with Crippen LogP contribution in [0, 0.1) is 11.8 Å². The molecule has 0 radical (unpaired) electrons. The summed E-state index contributed by atoms with van der Waals surface area (Å²) in [4.78, 5) is 4.98. The summed E-state index contributed by atoms with van der Waals surface area (Å²) in [5.74, 6) is 1.84. The summed E-state index contributed by atoms with van der Waals surface area (Å²) in [5, 5.41) is 0. The van der Waals surface area contributed by atoms with Crippen molar-refractivity contribution < 1.29 is 16.8 Å². The summed E-state index contributed by atoms with van der Waals surface area (Å²) in [6, 6.07) is 13.5. The van der Waals surface area contributed by atoms with E-state index in [-0.39, 0.29) is 9.79 Å². The van der Waals surface area contributed by atoms with Crippen LogP contribution in [0.25, 0.3) is 0 Å². The highest BCUT2D eigenvalue weighted by Gasteiger charge is 2.44. The molecule has 10 heteroatoms. The minimum Gasteiger partial charge on any atom is -0.367 e. The summed E-state index contributed by atoms with van der Waals surface area (Å²) in [6.45, 7) is 3.72. The predicted octanol–water partition coefficient (Wildman–Crippen LogP) is 3.05. The first-order chi connectivity index (χ1) is 16.7. The quantitative estimate of drug-likeness (QED) is 0.606. The molecule has 5 rings (SSSR count). The zero-order valence-corrected chi connectivity index (χ0v) is 21.9. The number of rotatable bonds is 7. The number of benzene rings is 2. The normalized spacial score (nSPS) is 25.3. The Morgan fingerprint density at radius 1 is 0.800 bits per heavy atom. The molecule has 2 saturated carbocycles. The van der Waals surface area contributed by atoms with Gasteiger partial charge in [-0.25, -0.2) is 21.1 Å². The van der Waals surface area contributed by atoms with E-state index < -0.39 is 20.0 Å². The first-order valence-corrected chi connectivity index (χ1v) is 15.2. The van der Waals surface area contributed by atoms with Crippen molar-refractivity contribution in [1.82, 2.24) is 9.21 Å². The van der Waals surface area contributed by atoms with Gasteiger partial charge in [0.25, 0.3) is 10.0 Å². The Balaban J connectivity index is 1.29. The molecule has 190 valence electrons. The number of sulfonamides is 2. The van der Waals surface area contributed by atoms with Crippen molar-refractivity contribution in [3.05, 3.63) is 48.5 Å². The lowest BCUT2D eigenvalue weighted by Crippen LogP contribution is -2.52. The van der Waals surface area contributed by atoms with Crippen LogP contribution in [-0.4, -0.2) is 72.4 Å². The maximum absolute atomic E-state index is 13.1. The molecule has 3 aliphatic rings.